The molecule has 0 fully saturated rings. The Morgan fingerprint density at radius 1 is 1.53 bits per heavy atom. The molecule has 0 aliphatic rings. The minimum absolute atomic E-state index is 0.110. The van der Waals surface area contributed by atoms with E-state index < -0.39 is 9.84 Å². The van der Waals surface area contributed by atoms with E-state index in [0.717, 1.165) is 5.69 Å². The molecule has 0 aliphatic carbocycles. The molecule has 0 amide bonds. The molecule has 1 aromatic rings. The number of nitrogens with zero attached hydrogens (tertiary/aromatic N) is 2. The van der Waals surface area contributed by atoms with E-state index in [2.05, 4.69) is 5.10 Å². The van der Waals surface area contributed by atoms with Crippen molar-refractivity contribution in [1.82, 2.24) is 9.78 Å². The molecular weight excluding hydrogens is 214 g/mol. The fourth-order valence-corrected chi connectivity index (χ4v) is 2.08. The summed E-state index contributed by atoms with van der Waals surface area (Å²) >= 11 is 0. The number of rotatable bonds is 5. The lowest BCUT2D eigenvalue weighted by atomic mass is 10.4. The highest BCUT2D eigenvalue weighted by molar-refractivity contribution is 7.91. The normalized spacial score (nSPS) is 12.3. The molecule has 86 valence electrons. The third-order valence-electron chi connectivity index (χ3n) is 2.32. The van der Waals surface area contributed by atoms with Crippen molar-refractivity contribution in [3.63, 3.8) is 0 Å². The smallest absolute Gasteiger partial charge is 0.154 e. The molecule has 0 atom stereocenters. The van der Waals surface area contributed by atoms with Crippen molar-refractivity contribution in [3.8, 4) is 0 Å². The summed E-state index contributed by atoms with van der Waals surface area (Å²) in [5.41, 5.74) is 6.34. The zero-order valence-corrected chi connectivity index (χ0v) is 9.87. The summed E-state index contributed by atoms with van der Waals surface area (Å²) in [5, 5.41) is 3.68. The van der Waals surface area contributed by atoms with Crippen LogP contribution in [0.5, 0.6) is 0 Å². The van der Waals surface area contributed by atoms with E-state index in [-0.39, 0.29) is 11.0 Å². The Hall–Kier alpha value is -0.880. The summed E-state index contributed by atoms with van der Waals surface area (Å²) < 4.78 is 24.7. The Morgan fingerprint density at radius 3 is 2.73 bits per heavy atom. The van der Waals surface area contributed by atoms with Crippen LogP contribution in [-0.4, -0.2) is 29.2 Å². The number of aromatic nitrogens is 2. The van der Waals surface area contributed by atoms with E-state index in [9.17, 15) is 8.42 Å². The monoisotopic (exact) mass is 231 g/mol. The third kappa shape index (κ3) is 3.04. The topological polar surface area (TPSA) is 78.0 Å². The van der Waals surface area contributed by atoms with Gasteiger partial charge < -0.3 is 5.73 Å². The standard InChI is InChI=1S/C9H17N3O2S/c1-8(2)15(13,14)6-5-12-9(7-10)3-4-11-12/h3-4,8H,5-7,10H2,1-2H3. The first-order valence-electron chi connectivity index (χ1n) is 4.89. The average molecular weight is 231 g/mol. The van der Waals surface area contributed by atoms with E-state index in [0.29, 0.717) is 13.1 Å². The molecule has 1 aromatic heterocycles. The number of hydrogen-bond donors (Lipinski definition) is 1. The van der Waals surface area contributed by atoms with Gasteiger partial charge in [0.1, 0.15) is 0 Å². The molecule has 0 radical (unpaired) electrons. The van der Waals surface area contributed by atoms with Crippen LogP contribution in [-0.2, 0) is 22.9 Å². The second kappa shape index (κ2) is 4.76. The Kier molecular flexibility index (Phi) is 3.87. The largest absolute Gasteiger partial charge is 0.325 e. The molecule has 0 saturated carbocycles. The number of hydrogen-bond acceptors (Lipinski definition) is 4. The third-order valence-corrected chi connectivity index (χ3v) is 4.51. The molecule has 0 saturated heterocycles. The van der Waals surface area contributed by atoms with E-state index in [1.807, 2.05) is 0 Å². The van der Waals surface area contributed by atoms with Gasteiger partial charge in [0, 0.05) is 12.7 Å². The Balaban J connectivity index is 2.66. The molecule has 0 unspecified atom stereocenters. The van der Waals surface area contributed by atoms with Crippen molar-refractivity contribution < 1.29 is 8.42 Å². The van der Waals surface area contributed by atoms with Gasteiger partial charge >= 0.3 is 0 Å². The lowest BCUT2D eigenvalue weighted by Gasteiger charge is -2.09. The summed E-state index contributed by atoms with van der Waals surface area (Å²) in [4.78, 5) is 0. The summed E-state index contributed by atoms with van der Waals surface area (Å²) in [6.07, 6.45) is 1.63. The first-order chi connectivity index (χ1) is 6.97. The summed E-state index contributed by atoms with van der Waals surface area (Å²) in [6.45, 7) is 4.12. The van der Waals surface area contributed by atoms with Crippen LogP contribution in [0.15, 0.2) is 12.3 Å². The van der Waals surface area contributed by atoms with Gasteiger partial charge in [-0.3, -0.25) is 4.68 Å². The van der Waals surface area contributed by atoms with Gasteiger partial charge in [-0.1, -0.05) is 0 Å². The molecule has 0 aliphatic heterocycles. The first kappa shape index (κ1) is 12.2. The van der Waals surface area contributed by atoms with Crippen LogP contribution in [0.2, 0.25) is 0 Å². The number of sulfone groups is 1. The van der Waals surface area contributed by atoms with E-state index in [1.165, 1.54) is 0 Å². The number of nitrogens with two attached hydrogens (primary N) is 1. The Morgan fingerprint density at radius 2 is 2.20 bits per heavy atom. The molecule has 0 bridgehead atoms. The highest BCUT2D eigenvalue weighted by Gasteiger charge is 2.16. The number of aryl methyl sites for hydroxylation is 1. The van der Waals surface area contributed by atoms with Crippen molar-refractivity contribution in [2.45, 2.75) is 32.2 Å². The van der Waals surface area contributed by atoms with Crippen LogP contribution in [0.4, 0.5) is 0 Å². The predicted octanol–water partition coefficient (Wildman–Crippen LogP) is 0.165. The van der Waals surface area contributed by atoms with Gasteiger partial charge in [-0.15, -0.1) is 0 Å². The zero-order valence-electron chi connectivity index (χ0n) is 9.05. The van der Waals surface area contributed by atoms with Gasteiger partial charge in [0.15, 0.2) is 9.84 Å². The Bertz CT molecular complexity index is 409. The second-order valence-electron chi connectivity index (χ2n) is 3.67. The minimum Gasteiger partial charge on any atom is -0.325 e. The molecule has 1 rings (SSSR count). The Labute approximate surface area is 90.2 Å². The van der Waals surface area contributed by atoms with Crippen LogP contribution in [0.3, 0.4) is 0 Å². The summed E-state index contributed by atoms with van der Waals surface area (Å²) in [7, 11) is -3.00. The lowest BCUT2D eigenvalue weighted by molar-refractivity contribution is 0.566. The van der Waals surface area contributed by atoms with Gasteiger partial charge in [0.05, 0.1) is 23.2 Å². The molecule has 2 N–H and O–H groups in total. The molecule has 0 spiro atoms. The predicted molar refractivity (Wildman–Crippen MR) is 59.0 cm³/mol. The van der Waals surface area contributed by atoms with Crippen molar-refractivity contribution in [3.05, 3.63) is 18.0 Å². The quantitative estimate of drug-likeness (QED) is 0.783. The van der Waals surface area contributed by atoms with Crippen LogP contribution < -0.4 is 5.73 Å². The van der Waals surface area contributed by atoms with Gasteiger partial charge in [0.2, 0.25) is 0 Å². The average Bonchev–Trinajstić information content (AvgIpc) is 2.61. The van der Waals surface area contributed by atoms with Crippen molar-refractivity contribution >= 4 is 9.84 Å². The molecular formula is C9H17N3O2S. The molecule has 6 heteroatoms. The van der Waals surface area contributed by atoms with Gasteiger partial charge in [-0.2, -0.15) is 5.10 Å². The van der Waals surface area contributed by atoms with Crippen molar-refractivity contribution in [2.75, 3.05) is 5.75 Å². The highest BCUT2D eigenvalue weighted by atomic mass is 32.2. The SMILES string of the molecule is CC(C)S(=O)(=O)CCn1nccc1CN. The van der Waals surface area contributed by atoms with Crippen molar-refractivity contribution in [1.29, 1.82) is 0 Å². The van der Waals surface area contributed by atoms with Crippen molar-refractivity contribution in [2.24, 2.45) is 5.73 Å². The summed E-state index contributed by atoms with van der Waals surface area (Å²) in [6, 6.07) is 1.79. The van der Waals surface area contributed by atoms with Crippen LogP contribution >= 0.6 is 0 Å². The second-order valence-corrected chi connectivity index (χ2v) is 6.34. The fraction of sp³-hybridized carbons (Fsp3) is 0.667. The van der Waals surface area contributed by atoms with Crippen LogP contribution in [0.25, 0.3) is 0 Å². The van der Waals surface area contributed by atoms with Gasteiger partial charge in [-0.25, -0.2) is 8.42 Å². The molecule has 15 heavy (non-hydrogen) atoms. The maximum Gasteiger partial charge on any atom is 0.154 e. The van der Waals surface area contributed by atoms with E-state index >= 15 is 0 Å². The van der Waals surface area contributed by atoms with E-state index in [1.54, 1.807) is 30.8 Å². The van der Waals surface area contributed by atoms with Gasteiger partial charge in [0.25, 0.3) is 0 Å². The molecule has 0 aromatic carbocycles. The summed E-state index contributed by atoms with van der Waals surface area (Å²) in [5.74, 6) is 0.110. The minimum atomic E-state index is -3.00. The zero-order chi connectivity index (χ0) is 11.5. The molecule has 5 nitrogen and oxygen atoms in total. The molecule has 1 heterocycles. The lowest BCUT2D eigenvalue weighted by Crippen LogP contribution is -2.22. The van der Waals surface area contributed by atoms with Crippen LogP contribution in [0, 0.1) is 0 Å². The first-order valence-corrected chi connectivity index (χ1v) is 6.61. The highest BCUT2D eigenvalue weighted by Crippen LogP contribution is 2.03. The maximum absolute atomic E-state index is 11.6. The van der Waals surface area contributed by atoms with E-state index in [4.69, 9.17) is 5.73 Å². The fourth-order valence-electron chi connectivity index (χ4n) is 1.18. The van der Waals surface area contributed by atoms with Gasteiger partial charge in [-0.05, 0) is 19.9 Å². The maximum atomic E-state index is 11.6. The van der Waals surface area contributed by atoms with Crippen LogP contribution in [0.1, 0.15) is 19.5 Å².